The number of alkyl halides is 1. The van der Waals surface area contributed by atoms with E-state index in [4.69, 9.17) is 5.73 Å². The number of nitrogens with one attached hydrogen (secondary N) is 4. The summed E-state index contributed by atoms with van der Waals surface area (Å²) >= 11 is 0. The number of hydrazine groups is 1. The fourth-order valence-corrected chi connectivity index (χ4v) is 6.27. The number of halogens is 1. The summed E-state index contributed by atoms with van der Waals surface area (Å²) in [6.45, 7) is 4.93. The molecule has 5 fully saturated rings. The van der Waals surface area contributed by atoms with E-state index >= 15 is 0 Å². The molecular weight excluding hydrogens is 415 g/mol. The van der Waals surface area contributed by atoms with E-state index in [9.17, 15) is 14.0 Å². The average Bonchev–Trinajstić information content (AvgIpc) is 3.36. The van der Waals surface area contributed by atoms with Crippen molar-refractivity contribution in [3.8, 4) is 0 Å². The standard InChI is InChI=1S/C21H37FN8O2/c22-13-10-25-20-18(19(23)27-30(20)12-13)21(32)26-15-11-24-6-3-16(15)28-8-4-14(5-9-28)29-7-1-2-17(29)31/h13-16,18-20,24-25,27H,1-12,23H2,(H,26,32). The lowest BCUT2D eigenvalue weighted by Gasteiger charge is -2.45. The van der Waals surface area contributed by atoms with Crippen LogP contribution in [0.5, 0.6) is 0 Å². The van der Waals surface area contributed by atoms with Crippen LogP contribution in [0.2, 0.25) is 0 Å². The second-order valence-corrected chi connectivity index (χ2v) is 9.92. The van der Waals surface area contributed by atoms with Crippen LogP contribution < -0.4 is 27.1 Å². The van der Waals surface area contributed by atoms with Gasteiger partial charge in [-0.3, -0.25) is 19.8 Å². The van der Waals surface area contributed by atoms with Crippen molar-refractivity contribution in [3.05, 3.63) is 0 Å². The Morgan fingerprint density at radius 2 is 1.97 bits per heavy atom. The van der Waals surface area contributed by atoms with Crippen LogP contribution in [0.15, 0.2) is 0 Å². The highest BCUT2D eigenvalue weighted by Crippen LogP contribution is 2.26. The van der Waals surface area contributed by atoms with E-state index in [1.165, 1.54) is 0 Å². The molecule has 32 heavy (non-hydrogen) atoms. The van der Waals surface area contributed by atoms with Crippen LogP contribution in [-0.4, -0.2) is 109 Å². The Labute approximate surface area is 188 Å². The third-order valence-corrected chi connectivity index (χ3v) is 7.92. The normalized spacial score (nSPS) is 39.9. The van der Waals surface area contributed by atoms with Crippen molar-refractivity contribution in [2.75, 3.05) is 45.8 Å². The van der Waals surface area contributed by atoms with Crippen molar-refractivity contribution < 1.29 is 14.0 Å². The molecule has 0 spiro atoms. The fraction of sp³-hybridized carbons (Fsp3) is 0.905. The summed E-state index contributed by atoms with van der Waals surface area (Å²) in [5, 5.41) is 11.5. The molecule has 11 heteroatoms. The van der Waals surface area contributed by atoms with Gasteiger partial charge in [-0.1, -0.05) is 0 Å². The maximum atomic E-state index is 13.7. The molecule has 0 saturated carbocycles. The van der Waals surface area contributed by atoms with Gasteiger partial charge in [0.25, 0.3) is 0 Å². The lowest BCUT2D eigenvalue weighted by atomic mass is 9.93. The number of piperidine rings is 2. The molecule has 10 nitrogen and oxygen atoms in total. The van der Waals surface area contributed by atoms with Gasteiger partial charge in [0, 0.05) is 57.8 Å². The first-order chi connectivity index (χ1) is 15.5. The van der Waals surface area contributed by atoms with Crippen molar-refractivity contribution in [3.63, 3.8) is 0 Å². The summed E-state index contributed by atoms with van der Waals surface area (Å²) < 4.78 is 13.7. The van der Waals surface area contributed by atoms with E-state index in [-0.39, 0.29) is 37.2 Å². The van der Waals surface area contributed by atoms with Gasteiger partial charge in [0.05, 0.1) is 24.3 Å². The summed E-state index contributed by atoms with van der Waals surface area (Å²) in [6.07, 6.45) is 2.85. The third-order valence-electron chi connectivity index (χ3n) is 7.92. The topological polar surface area (TPSA) is 118 Å². The van der Waals surface area contributed by atoms with Gasteiger partial charge >= 0.3 is 0 Å². The molecule has 5 aliphatic rings. The first kappa shape index (κ1) is 22.4. The number of nitrogens with zero attached hydrogens (tertiary/aromatic N) is 3. The van der Waals surface area contributed by atoms with E-state index in [1.807, 2.05) is 0 Å². The second-order valence-electron chi connectivity index (χ2n) is 9.92. The van der Waals surface area contributed by atoms with Gasteiger partial charge in [-0.2, -0.15) is 0 Å². The number of nitrogens with two attached hydrogens (primary N) is 1. The minimum atomic E-state index is -0.974. The highest BCUT2D eigenvalue weighted by molar-refractivity contribution is 5.81. The van der Waals surface area contributed by atoms with Gasteiger partial charge in [0.2, 0.25) is 11.8 Å². The Balaban J connectivity index is 1.19. The smallest absolute Gasteiger partial charge is 0.229 e. The lowest BCUT2D eigenvalue weighted by molar-refractivity contribution is -0.131. The molecule has 2 amide bonds. The molecule has 0 aromatic carbocycles. The molecule has 0 bridgehead atoms. The largest absolute Gasteiger partial charge is 0.350 e. The van der Waals surface area contributed by atoms with Crippen molar-refractivity contribution >= 4 is 11.8 Å². The summed E-state index contributed by atoms with van der Waals surface area (Å²) in [6, 6.07) is 0.632. The number of hydrogen-bond acceptors (Lipinski definition) is 8. The first-order valence-electron chi connectivity index (χ1n) is 12.2. The maximum Gasteiger partial charge on any atom is 0.229 e. The zero-order chi connectivity index (χ0) is 22.2. The van der Waals surface area contributed by atoms with Gasteiger partial charge in [-0.25, -0.2) is 14.8 Å². The molecule has 6 atom stereocenters. The number of amides is 2. The first-order valence-corrected chi connectivity index (χ1v) is 12.2. The zero-order valence-electron chi connectivity index (χ0n) is 18.6. The van der Waals surface area contributed by atoms with Crippen LogP contribution in [0.25, 0.3) is 0 Å². The molecule has 180 valence electrons. The van der Waals surface area contributed by atoms with E-state index in [1.54, 1.807) is 5.01 Å². The van der Waals surface area contributed by atoms with Crippen LogP contribution in [0.3, 0.4) is 0 Å². The summed E-state index contributed by atoms with van der Waals surface area (Å²) in [7, 11) is 0. The highest BCUT2D eigenvalue weighted by atomic mass is 19.1. The van der Waals surface area contributed by atoms with Crippen LogP contribution in [0.4, 0.5) is 4.39 Å². The monoisotopic (exact) mass is 452 g/mol. The average molecular weight is 453 g/mol. The van der Waals surface area contributed by atoms with Gasteiger partial charge in [0.1, 0.15) is 6.17 Å². The Hall–Kier alpha value is -1.37. The van der Waals surface area contributed by atoms with Crippen molar-refractivity contribution in [2.45, 2.75) is 68.7 Å². The predicted molar refractivity (Wildman–Crippen MR) is 117 cm³/mol. The molecule has 5 aliphatic heterocycles. The molecule has 0 radical (unpaired) electrons. The van der Waals surface area contributed by atoms with Crippen molar-refractivity contribution in [2.24, 2.45) is 11.7 Å². The number of rotatable bonds is 4. The second kappa shape index (κ2) is 9.47. The van der Waals surface area contributed by atoms with Gasteiger partial charge < -0.3 is 21.3 Å². The Morgan fingerprint density at radius 3 is 2.72 bits per heavy atom. The van der Waals surface area contributed by atoms with Gasteiger partial charge in [-0.15, -0.1) is 0 Å². The molecule has 6 N–H and O–H groups in total. The number of carbonyl (C=O) groups excluding carboxylic acids is 2. The lowest BCUT2D eigenvalue weighted by Crippen LogP contribution is -2.64. The minimum absolute atomic E-state index is 0.0000159. The fourth-order valence-electron chi connectivity index (χ4n) is 6.27. The van der Waals surface area contributed by atoms with Crippen LogP contribution in [0, 0.1) is 5.92 Å². The minimum Gasteiger partial charge on any atom is -0.350 e. The quantitative estimate of drug-likeness (QED) is 0.330. The summed E-state index contributed by atoms with van der Waals surface area (Å²) in [5.41, 5.74) is 9.27. The summed E-state index contributed by atoms with van der Waals surface area (Å²) in [4.78, 5) is 30.0. The van der Waals surface area contributed by atoms with Crippen LogP contribution in [0.1, 0.15) is 32.1 Å². The van der Waals surface area contributed by atoms with E-state index in [0.29, 0.717) is 18.4 Å². The highest BCUT2D eigenvalue weighted by Gasteiger charge is 2.48. The third kappa shape index (κ3) is 4.38. The van der Waals surface area contributed by atoms with Crippen molar-refractivity contribution in [1.29, 1.82) is 0 Å². The Morgan fingerprint density at radius 1 is 1.16 bits per heavy atom. The van der Waals surface area contributed by atoms with Crippen LogP contribution >= 0.6 is 0 Å². The molecule has 5 rings (SSSR count). The zero-order valence-corrected chi connectivity index (χ0v) is 18.6. The predicted octanol–water partition coefficient (Wildman–Crippen LogP) is -2.09. The number of carbonyl (C=O) groups is 2. The maximum absolute atomic E-state index is 13.7. The SMILES string of the molecule is NC1NN2CC(F)CNC2C1C(=O)NC1CNCCC1N1CCC(N2CCCC2=O)CC1. The Bertz CT molecular complexity index is 705. The van der Waals surface area contributed by atoms with Gasteiger partial charge in [-0.05, 0) is 32.2 Å². The molecular formula is C21H37FN8O2. The molecule has 0 aliphatic carbocycles. The molecule has 0 aromatic heterocycles. The van der Waals surface area contributed by atoms with Crippen LogP contribution in [-0.2, 0) is 9.59 Å². The van der Waals surface area contributed by atoms with E-state index in [0.717, 1.165) is 58.4 Å². The molecule has 5 saturated heterocycles. The van der Waals surface area contributed by atoms with Crippen molar-refractivity contribution in [1.82, 2.24) is 36.2 Å². The number of fused-ring (bicyclic) bond motifs is 1. The molecule has 0 aromatic rings. The Kier molecular flexibility index (Phi) is 6.64. The van der Waals surface area contributed by atoms with E-state index in [2.05, 4.69) is 31.2 Å². The van der Waals surface area contributed by atoms with Gasteiger partial charge in [0.15, 0.2) is 0 Å². The molecule has 6 unspecified atom stereocenters. The summed E-state index contributed by atoms with van der Waals surface area (Å²) in [5.74, 6) is -0.253. The van der Waals surface area contributed by atoms with E-state index < -0.39 is 18.3 Å². The number of hydrogen-bond donors (Lipinski definition) is 5. The number of likely N-dealkylation sites (tertiary alicyclic amines) is 2. The molecule has 5 heterocycles.